The highest BCUT2D eigenvalue weighted by atomic mass is 16.3. The molecular formula is C18H23NO. The molecule has 3 rings (SSSR count). The summed E-state index contributed by atoms with van der Waals surface area (Å²) in [6.45, 7) is 2.39. The van der Waals surface area contributed by atoms with Crippen molar-refractivity contribution in [2.24, 2.45) is 5.41 Å². The van der Waals surface area contributed by atoms with Crippen molar-refractivity contribution in [2.45, 2.75) is 32.2 Å². The Morgan fingerprint density at radius 2 is 1.85 bits per heavy atom. The molecule has 0 spiro atoms. The first-order valence-electron chi connectivity index (χ1n) is 7.47. The Hall–Kier alpha value is -1.38. The van der Waals surface area contributed by atoms with Crippen molar-refractivity contribution >= 4 is 10.8 Å². The molecule has 1 atom stereocenters. The van der Waals surface area contributed by atoms with Crippen molar-refractivity contribution in [1.29, 1.82) is 0 Å². The number of benzene rings is 2. The molecule has 0 aromatic heterocycles. The van der Waals surface area contributed by atoms with Crippen LogP contribution in [0.1, 0.15) is 36.4 Å². The minimum Gasteiger partial charge on any atom is -0.396 e. The molecule has 1 aliphatic carbocycles. The first kappa shape index (κ1) is 13.6. The van der Waals surface area contributed by atoms with E-state index in [1.165, 1.54) is 28.3 Å². The third-order valence-corrected chi connectivity index (χ3v) is 4.92. The first-order chi connectivity index (χ1) is 9.68. The van der Waals surface area contributed by atoms with E-state index >= 15 is 0 Å². The van der Waals surface area contributed by atoms with Crippen molar-refractivity contribution in [3.05, 3.63) is 47.5 Å². The molecule has 1 unspecified atom stereocenters. The molecule has 0 aliphatic heterocycles. The Bertz CT molecular complexity index is 610. The van der Waals surface area contributed by atoms with Gasteiger partial charge in [-0.1, -0.05) is 42.3 Å². The van der Waals surface area contributed by atoms with Gasteiger partial charge >= 0.3 is 0 Å². The molecule has 0 radical (unpaired) electrons. The van der Waals surface area contributed by atoms with E-state index in [4.69, 9.17) is 0 Å². The Morgan fingerprint density at radius 3 is 2.45 bits per heavy atom. The first-order valence-corrected chi connectivity index (χ1v) is 7.47. The lowest BCUT2D eigenvalue weighted by atomic mass is 9.63. The zero-order valence-electron chi connectivity index (χ0n) is 12.3. The molecule has 2 aromatic rings. The Balaban J connectivity index is 2.01. The summed E-state index contributed by atoms with van der Waals surface area (Å²) in [6.07, 6.45) is 3.45. The highest BCUT2D eigenvalue weighted by molar-refractivity contribution is 5.83. The number of hydrogen-bond acceptors (Lipinski definition) is 2. The predicted molar refractivity (Wildman–Crippen MR) is 83.9 cm³/mol. The second-order valence-corrected chi connectivity index (χ2v) is 6.21. The van der Waals surface area contributed by atoms with Crippen LogP contribution in [0.2, 0.25) is 0 Å². The molecule has 0 heterocycles. The van der Waals surface area contributed by atoms with E-state index in [-0.39, 0.29) is 18.1 Å². The summed E-state index contributed by atoms with van der Waals surface area (Å²) in [5, 5.41) is 15.8. The maximum atomic E-state index is 9.81. The van der Waals surface area contributed by atoms with Crippen LogP contribution in [-0.2, 0) is 0 Å². The van der Waals surface area contributed by atoms with Crippen LogP contribution in [0.4, 0.5) is 0 Å². The second-order valence-electron chi connectivity index (χ2n) is 6.21. The number of nitrogens with one attached hydrogen (secondary N) is 1. The van der Waals surface area contributed by atoms with Crippen LogP contribution in [-0.4, -0.2) is 18.8 Å². The third kappa shape index (κ3) is 2.13. The number of aliphatic hydroxyl groups is 1. The van der Waals surface area contributed by atoms with Crippen LogP contribution in [0.15, 0.2) is 36.4 Å². The number of rotatable bonds is 4. The Labute approximate surface area is 120 Å². The average molecular weight is 269 g/mol. The molecule has 20 heavy (non-hydrogen) atoms. The molecule has 0 amide bonds. The lowest BCUT2D eigenvalue weighted by molar-refractivity contribution is 0.00787. The molecular weight excluding hydrogens is 246 g/mol. The molecule has 0 saturated heterocycles. The normalized spacial score (nSPS) is 18.8. The largest absolute Gasteiger partial charge is 0.396 e. The molecule has 1 aliphatic rings. The fourth-order valence-electron chi connectivity index (χ4n) is 3.56. The van der Waals surface area contributed by atoms with E-state index in [1.807, 2.05) is 7.05 Å². The molecule has 1 fully saturated rings. The van der Waals surface area contributed by atoms with E-state index in [9.17, 15) is 5.11 Å². The minimum atomic E-state index is 0.0348. The summed E-state index contributed by atoms with van der Waals surface area (Å²) in [5.74, 6) is 0. The SMILES string of the molecule is CNC(c1ccc2cc(C)ccc2c1)C1(CO)CCC1. The summed E-state index contributed by atoms with van der Waals surface area (Å²) in [5.41, 5.74) is 2.62. The lowest BCUT2D eigenvalue weighted by Crippen LogP contribution is -2.44. The van der Waals surface area contributed by atoms with E-state index in [1.54, 1.807) is 0 Å². The van der Waals surface area contributed by atoms with Gasteiger partial charge in [-0.3, -0.25) is 0 Å². The van der Waals surface area contributed by atoms with Gasteiger partial charge in [-0.25, -0.2) is 0 Å². The average Bonchev–Trinajstić information content (AvgIpc) is 2.42. The molecule has 2 nitrogen and oxygen atoms in total. The highest BCUT2D eigenvalue weighted by Crippen LogP contribution is 2.49. The van der Waals surface area contributed by atoms with Crippen molar-refractivity contribution in [1.82, 2.24) is 5.32 Å². The fourth-order valence-corrected chi connectivity index (χ4v) is 3.56. The van der Waals surface area contributed by atoms with Crippen LogP contribution in [0.5, 0.6) is 0 Å². The molecule has 2 N–H and O–H groups in total. The number of hydrogen-bond donors (Lipinski definition) is 2. The van der Waals surface area contributed by atoms with Crippen LogP contribution in [0, 0.1) is 12.3 Å². The van der Waals surface area contributed by atoms with E-state index < -0.39 is 0 Å². The van der Waals surface area contributed by atoms with Gasteiger partial charge in [0.05, 0.1) is 6.61 Å². The van der Waals surface area contributed by atoms with Crippen molar-refractivity contribution in [2.75, 3.05) is 13.7 Å². The third-order valence-electron chi connectivity index (χ3n) is 4.92. The van der Waals surface area contributed by atoms with Crippen LogP contribution in [0.25, 0.3) is 10.8 Å². The van der Waals surface area contributed by atoms with Crippen molar-refractivity contribution in [3.63, 3.8) is 0 Å². The van der Waals surface area contributed by atoms with E-state index in [0.29, 0.717) is 0 Å². The predicted octanol–water partition coefficient (Wildman–Crippen LogP) is 3.57. The zero-order chi connectivity index (χ0) is 14.2. The molecule has 0 bridgehead atoms. The monoisotopic (exact) mass is 269 g/mol. The van der Waals surface area contributed by atoms with Crippen LogP contribution in [0.3, 0.4) is 0 Å². The second kappa shape index (κ2) is 5.19. The van der Waals surface area contributed by atoms with Crippen LogP contribution < -0.4 is 5.32 Å². The van der Waals surface area contributed by atoms with Gasteiger partial charge in [0.2, 0.25) is 0 Å². The maximum absolute atomic E-state index is 9.81. The Kier molecular flexibility index (Phi) is 3.53. The van der Waals surface area contributed by atoms with Gasteiger partial charge in [0, 0.05) is 11.5 Å². The zero-order valence-corrected chi connectivity index (χ0v) is 12.3. The van der Waals surface area contributed by atoms with Gasteiger partial charge in [-0.15, -0.1) is 0 Å². The van der Waals surface area contributed by atoms with Gasteiger partial charge in [0.15, 0.2) is 0 Å². The standard InChI is InChI=1S/C18H23NO/c1-13-4-5-15-11-16(7-6-14(15)10-13)17(19-2)18(12-20)8-3-9-18/h4-7,10-11,17,19-20H,3,8-9,12H2,1-2H3. The quantitative estimate of drug-likeness (QED) is 0.889. The van der Waals surface area contributed by atoms with Gasteiger partial charge < -0.3 is 10.4 Å². The summed E-state index contributed by atoms with van der Waals surface area (Å²) < 4.78 is 0. The summed E-state index contributed by atoms with van der Waals surface area (Å²) in [6, 6.07) is 13.5. The molecule has 106 valence electrons. The number of aryl methyl sites for hydroxylation is 1. The maximum Gasteiger partial charge on any atom is 0.0505 e. The molecule has 2 heteroatoms. The minimum absolute atomic E-state index is 0.0348. The summed E-state index contributed by atoms with van der Waals surface area (Å²) >= 11 is 0. The highest BCUT2D eigenvalue weighted by Gasteiger charge is 2.43. The van der Waals surface area contributed by atoms with Gasteiger partial charge in [-0.05, 0) is 49.2 Å². The smallest absolute Gasteiger partial charge is 0.0505 e. The summed E-state index contributed by atoms with van der Waals surface area (Å²) in [4.78, 5) is 0. The lowest BCUT2D eigenvalue weighted by Gasteiger charge is -2.46. The fraction of sp³-hybridized carbons (Fsp3) is 0.444. The number of fused-ring (bicyclic) bond motifs is 1. The molecule has 2 aromatic carbocycles. The van der Waals surface area contributed by atoms with Gasteiger partial charge in [0.25, 0.3) is 0 Å². The van der Waals surface area contributed by atoms with Crippen molar-refractivity contribution < 1.29 is 5.11 Å². The molecule has 1 saturated carbocycles. The van der Waals surface area contributed by atoms with Gasteiger partial charge in [0.1, 0.15) is 0 Å². The topological polar surface area (TPSA) is 32.3 Å². The van der Waals surface area contributed by atoms with Crippen LogP contribution >= 0.6 is 0 Å². The Morgan fingerprint density at radius 1 is 1.15 bits per heavy atom. The van der Waals surface area contributed by atoms with Gasteiger partial charge in [-0.2, -0.15) is 0 Å². The van der Waals surface area contributed by atoms with E-state index in [2.05, 4.69) is 48.6 Å². The summed E-state index contributed by atoms with van der Waals surface area (Å²) in [7, 11) is 2.00. The van der Waals surface area contributed by atoms with E-state index in [0.717, 1.165) is 12.8 Å². The number of aliphatic hydroxyl groups excluding tert-OH is 1. The van der Waals surface area contributed by atoms with Crippen molar-refractivity contribution in [3.8, 4) is 0 Å².